The maximum atomic E-state index is 13.7. The number of rotatable bonds is 6. The minimum Gasteiger partial charge on any atom is -0.494 e. The number of nitrogens with one attached hydrogen (secondary N) is 1. The molecule has 0 bridgehead atoms. The number of anilines is 2. The Morgan fingerprint density at radius 2 is 1.48 bits per heavy atom. The van der Waals surface area contributed by atoms with E-state index in [4.69, 9.17) is 4.74 Å². The number of imide groups is 1. The molecule has 0 saturated carbocycles. The number of hydrogen-bond acceptors (Lipinski definition) is 4. The fraction of sp³-hybridized carbons (Fsp3) is 0.214. The van der Waals surface area contributed by atoms with Crippen LogP contribution in [0.5, 0.6) is 5.75 Å². The third kappa shape index (κ3) is 4.27. The molecule has 1 aliphatic heterocycles. The monoisotopic (exact) mass is 440 g/mol. The van der Waals surface area contributed by atoms with Gasteiger partial charge in [0, 0.05) is 11.8 Å². The Morgan fingerprint density at radius 3 is 2.15 bits per heavy atom. The van der Waals surface area contributed by atoms with Crippen molar-refractivity contribution < 1.29 is 14.3 Å². The Morgan fingerprint density at radius 1 is 0.788 bits per heavy atom. The van der Waals surface area contributed by atoms with E-state index in [1.807, 2.05) is 95.3 Å². The van der Waals surface area contributed by atoms with Gasteiger partial charge in [-0.25, -0.2) is 4.90 Å². The summed E-state index contributed by atoms with van der Waals surface area (Å²) in [4.78, 5) is 28.5. The second kappa shape index (κ2) is 8.94. The first-order chi connectivity index (χ1) is 15.8. The molecule has 0 aromatic heterocycles. The maximum Gasteiger partial charge on any atom is 0.282 e. The molecule has 0 saturated heterocycles. The van der Waals surface area contributed by atoms with Crippen LogP contribution in [0, 0.1) is 27.7 Å². The summed E-state index contributed by atoms with van der Waals surface area (Å²) in [5, 5.41) is 3.22. The normalized spacial score (nSPS) is 13.7. The first kappa shape index (κ1) is 22.3. The summed E-state index contributed by atoms with van der Waals surface area (Å²) in [6.07, 6.45) is 0. The molecule has 1 aliphatic rings. The number of nitrogens with zero attached hydrogens (tertiary/aromatic N) is 1. The van der Waals surface area contributed by atoms with Crippen molar-refractivity contribution in [3.63, 3.8) is 0 Å². The van der Waals surface area contributed by atoms with Crippen LogP contribution >= 0.6 is 0 Å². The van der Waals surface area contributed by atoms with E-state index in [-0.39, 0.29) is 17.5 Å². The Hall–Kier alpha value is -3.86. The second-order valence-corrected chi connectivity index (χ2v) is 8.35. The molecular formula is C28H28N2O3. The Balaban J connectivity index is 1.82. The van der Waals surface area contributed by atoms with E-state index >= 15 is 0 Å². The summed E-state index contributed by atoms with van der Waals surface area (Å²) in [7, 11) is 0. The lowest BCUT2D eigenvalue weighted by Gasteiger charge is -2.17. The summed E-state index contributed by atoms with van der Waals surface area (Å²) in [5.74, 6) is -0.0214. The average molecular weight is 441 g/mol. The summed E-state index contributed by atoms with van der Waals surface area (Å²) in [6.45, 7) is 10.5. The standard InChI is InChI=1S/C28H28N2O3/c1-6-33-24-9-7-8-22(16-24)29-26-25(21-12-10-17(2)19(4)14-21)27(31)30(28(26)32)23-13-11-18(3)20(5)15-23/h7-16,29H,6H2,1-5H3. The molecule has 0 unspecified atom stereocenters. The predicted octanol–water partition coefficient (Wildman–Crippen LogP) is 5.72. The van der Waals surface area contributed by atoms with Gasteiger partial charge >= 0.3 is 0 Å². The quantitative estimate of drug-likeness (QED) is 0.499. The molecule has 0 radical (unpaired) electrons. The largest absolute Gasteiger partial charge is 0.494 e. The molecule has 1 N–H and O–H groups in total. The van der Waals surface area contributed by atoms with Gasteiger partial charge < -0.3 is 10.1 Å². The first-order valence-corrected chi connectivity index (χ1v) is 11.1. The number of benzene rings is 3. The zero-order valence-electron chi connectivity index (χ0n) is 19.7. The maximum absolute atomic E-state index is 13.7. The second-order valence-electron chi connectivity index (χ2n) is 8.35. The molecule has 0 atom stereocenters. The van der Waals surface area contributed by atoms with E-state index < -0.39 is 0 Å². The van der Waals surface area contributed by atoms with Crippen molar-refractivity contribution in [1.29, 1.82) is 0 Å². The lowest BCUT2D eigenvalue weighted by atomic mass is 9.99. The topological polar surface area (TPSA) is 58.6 Å². The van der Waals surface area contributed by atoms with Crippen molar-refractivity contribution in [2.75, 3.05) is 16.8 Å². The van der Waals surface area contributed by atoms with Crippen LogP contribution < -0.4 is 15.0 Å². The molecule has 3 aromatic rings. The molecule has 168 valence electrons. The minimum atomic E-state index is -0.377. The number of aryl methyl sites for hydroxylation is 4. The third-order valence-electron chi connectivity index (χ3n) is 6.04. The number of hydrogen-bond donors (Lipinski definition) is 1. The predicted molar refractivity (Wildman–Crippen MR) is 132 cm³/mol. The minimum absolute atomic E-state index is 0.259. The lowest BCUT2D eigenvalue weighted by Crippen LogP contribution is -2.32. The highest BCUT2D eigenvalue weighted by atomic mass is 16.5. The van der Waals surface area contributed by atoms with Gasteiger partial charge in [0.2, 0.25) is 0 Å². The fourth-order valence-corrected chi connectivity index (χ4v) is 3.88. The van der Waals surface area contributed by atoms with Crippen LogP contribution in [-0.2, 0) is 9.59 Å². The van der Waals surface area contributed by atoms with E-state index in [1.54, 1.807) is 0 Å². The lowest BCUT2D eigenvalue weighted by molar-refractivity contribution is -0.120. The number of ether oxygens (including phenoxy) is 1. The van der Waals surface area contributed by atoms with E-state index in [9.17, 15) is 9.59 Å². The van der Waals surface area contributed by atoms with Crippen LogP contribution in [-0.4, -0.2) is 18.4 Å². The van der Waals surface area contributed by atoms with Gasteiger partial charge in [0.15, 0.2) is 0 Å². The summed E-state index contributed by atoms with van der Waals surface area (Å²) in [5.41, 5.74) is 6.89. The summed E-state index contributed by atoms with van der Waals surface area (Å²) < 4.78 is 5.60. The van der Waals surface area contributed by atoms with Gasteiger partial charge in [-0.05, 0) is 86.7 Å². The van der Waals surface area contributed by atoms with Crippen molar-refractivity contribution in [2.45, 2.75) is 34.6 Å². The van der Waals surface area contributed by atoms with E-state index in [0.717, 1.165) is 22.3 Å². The van der Waals surface area contributed by atoms with Gasteiger partial charge in [-0.15, -0.1) is 0 Å². The van der Waals surface area contributed by atoms with Crippen molar-refractivity contribution in [1.82, 2.24) is 0 Å². The molecule has 5 nitrogen and oxygen atoms in total. The van der Waals surface area contributed by atoms with Crippen molar-refractivity contribution in [2.24, 2.45) is 0 Å². The molecule has 0 spiro atoms. The zero-order chi connectivity index (χ0) is 23.7. The van der Waals surface area contributed by atoms with Crippen LogP contribution in [0.15, 0.2) is 66.4 Å². The molecule has 0 fully saturated rings. The number of carbonyl (C=O) groups is 2. The Labute approximate surface area is 194 Å². The Kier molecular flexibility index (Phi) is 6.05. The summed E-state index contributed by atoms with van der Waals surface area (Å²) >= 11 is 0. The average Bonchev–Trinajstić information content (AvgIpc) is 3.02. The molecule has 2 amide bonds. The number of carbonyl (C=O) groups excluding carboxylic acids is 2. The van der Waals surface area contributed by atoms with Gasteiger partial charge in [-0.1, -0.05) is 30.3 Å². The molecular weight excluding hydrogens is 412 g/mol. The van der Waals surface area contributed by atoms with E-state index in [0.29, 0.717) is 34.9 Å². The van der Waals surface area contributed by atoms with Gasteiger partial charge in [0.25, 0.3) is 11.8 Å². The van der Waals surface area contributed by atoms with Crippen LogP contribution in [0.1, 0.15) is 34.7 Å². The van der Waals surface area contributed by atoms with Crippen LogP contribution in [0.25, 0.3) is 5.57 Å². The highest BCUT2D eigenvalue weighted by Gasteiger charge is 2.40. The first-order valence-electron chi connectivity index (χ1n) is 11.1. The van der Waals surface area contributed by atoms with Crippen LogP contribution in [0.2, 0.25) is 0 Å². The molecule has 4 rings (SSSR count). The zero-order valence-corrected chi connectivity index (χ0v) is 19.7. The molecule has 3 aromatic carbocycles. The van der Waals surface area contributed by atoms with Crippen molar-refractivity contribution >= 4 is 28.8 Å². The smallest absolute Gasteiger partial charge is 0.282 e. The number of amides is 2. The molecule has 33 heavy (non-hydrogen) atoms. The molecule has 1 heterocycles. The van der Waals surface area contributed by atoms with Gasteiger partial charge in [0.05, 0.1) is 17.9 Å². The highest BCUT2D eigenvalue weighted by molar-refractivity contribution is 6.46. The van der Waals surface area contributed by atoms with E-state index in [1.165, 1.54) is 4.90 Å². The Bertz CT molecular complexity index is 1290. The van der Waals surface area contributed by atoms with Crippen LogP contribution in [0.4, 0.5) is 11.4 Å². The highest BCUT2D eigenvalue weighted by Crippen LogP contribution is 2.35. The van der Waals surface area contributed by atoms with Gasteiger partial charge in [0.1, 0.15) is 11.4 Å². The van der Waals surface area contributed by atoms with E-state index in [2.05, 4.69) is 5.32 Å². The third-order valence-corrected chi connectivity index (χ3v) is 6.04. The molecule has 0 aliphatic carbocycles. The van der Waals surface area contributed by atoms with Crippen molar-refractivity contribution in [3.8, 4) is 5.75 Å². The van der Waals surface area contributed by atoms with Gasteiger partial charge in [-0.3, -0.25) is 9.59 Å². The van der Waals surface area contributed by atoms with Crippen LogP contribution in [0.3, 0.4) is 0 Å². The fourth-order valence-electron chi connectivity index (χ4n) is 3.88. The van der Waals surface area contributed by atoms with Gasteiger partial charge in [-0.2, -0.15) is 0 Å². The SMILES string of the molecule is CCOc1cccc(NC2=C(c3ccc(C)c(C)c3)C(=O)N(c3ccc(C)c(C)c3)C2=O)c1. The summed E-state index contributed by atoms with van der Waals surface area (Å²) in [6, 6.07) is 18.8. The molecule has 5 heteroatoms. The van der Waals surface area contributed by atoms with Crippen molar-refractivity contribution in [3.05, 3.63) is 94.2 Å².